The second-order valence-corrected chi connectivity index (χ2v) is 7.07. The molecule has 1 spiro atoms. The summed E-state index contributed by atoms with van der Waals surface area (Å²) in [5, 5.41) is 7.61. The van der Waals surface area contributed by atoms with E-state index in [0.29, 0.717) is 11.3 Å². The maximum absolute atomic E-state index is 12.4. The fraction of sp³-hybridized carbons (Fsp3) is 0.400. The third kappa shape index (κ3) is 3.12. The summed E-state index contributed by atoms with van der Waals surface area (Å²) in [5.41, 5.74) is 2.33. The summed E-state index contributed by atoms with van der Waals surface area (Å²) in [5.74, 6) is 0.646. The molecule has 26 heavy (non-hydrogen) atoms. The van der Waals surface area contributed by atoms with E-state index >= 15 is 0 Å². The minimum absolute atomic E-state index is 0.0400. The van der Waals surface area contributed by atoms with Gasteiger partial charge in [0.05, 0.1) is 17.8 Å². The zero-order valence-electron chi connectivity index (χ0n) is 15.1. The van der Waals surface area contributed by atoms with Gasteiger partial charge in [0.25, 0.3) is 5.91 Å². The van der Waals surface area contributed by atoms with Gasteiger partial charge in [-0.15, -0.1) is 6.58 Å². The first-order valence-electron chi connectivity index (χ1n) is 9.05. The number of rotatable bonds is 4. The highest BCUT2D eigenvalue weighted by molar-refractivity contribution is 5.98. The van der Waals surface area contributed by atoms with Gasteiger partial charge in [-0.2, -0.15) is 5.10 Å². The number of likely N-dealkylation sites (tertiary alicyclic amines) is 1. The number of aryl methyl sites for hydroxylation is 1. The first kappa shape index (κ1) is 16.8. The van der Waals surface area contributed by atoms with Crippen molar-refractivity contribution in [2.75, 3.05) is 13.1 Å². The van der Waals surface area contributed by atoms with Crippen molar-refractivity contribution in [1.82, 2.24) is 20.0 Å². The number of nitrogens with one attached hydrogen (secondary N) is 1. The molecule has 1 N–H and O–H groups in total. The number of ether oxygens (including phenoxy) is 1. The van der Waals surface area contributed by atoms with Gasteiger partial charge >= 0.3 is 0 Å². The van der Waals surface area contributed by atoms with Gasteiger partial charge in [0.2, 0.25) is 0 Å². The summed E-state index contributed by atoms with van der Waals surface area (Å²) in [6.45, 7) is 9.13. The van der Waals surface area contributed by atoms with Crippen LogP contribution in [0.25, 0.3) is 0 Å². The number of fused-ring (bicyclic) bond motifs is 1. The number of hydrogen-bond donors (Lipinski definition) is 1. The fourth-order valence-corrected chi connectivity index (χ4v) is 3.73. The van der Waals surface area contributed by atoms with E-state index in [9.17, 15) is 4.79 Å². The monoisotopic (exact) mass is 352 g/mol. The van der Waals surface area contributed by atoms with Crippen LogP contribution in [0.15, 0.2) is 43.1 Å². The molecule has 136 valence electrons. The van der Waals surface area contributed by atoms with Crippen molar-refractivity contribution in [2.24, 2.45) is 0 Å². The number of nitrogens with zero attached hydrogens (tertiary/aromatic N) is 3. The highest BCUT2D eigenvalue weighted by atomic mass is 16.5. The first-order valence-corrected chi connectivity index (χ1v) is 9.05. The normalized spacial score (nSPS) is 18.9. The van der Waals surface area contributed by atoms with Gasteiger partial charge in [-0.3, -0.25) is 14.4 Å². The summed E-state index contributed by atoms with van der Waals surface area (Å²) in [7, 11) is 0. The molecule has 6 nitrogen and oxygen atoms in total. The van der Waals surface area contributed by atoms with Crippen LogP contribution >= 0.6 is 0 Å². The highest BCUT2D eigenvalue weighted by Gasteiger charge is 2.42. The lowest BCUT2D eigenvalue weighted by Gasteiger charge is -2.44. The van der Waals surface area contributed by atoms with Crippen molar-refractivity contribution in [1.29, 1.82) is 0 Å². The number of amides is 1. The van der Waals surface area contributed by atoms with Gasteiger partial charge in [-0.1, -0.05) is 18.2 Å². The molecule has 2 aliphatic heterocycles. The Morgan fingerprint density at radius 1 is 1.35 bits per heavy atom. The van der Waals surface area contributed by atoms with Crippen molar-refractivity contribution in [3.63, 3.8) is 0 Å². The van der Waals surface area contributed by atoms with E-state index in [1.165, 1.54) is 5.56 Å². The van der Waals surface area contributed by atoms with Crippen LogP contribution in [0.5, 0.6) is 5.75 Å². The van der Waals surface area contributed by atoms with E-state index in [0.717, 1.165) is 44.7 Å². The maximum atomic E-state index is 12.4. The van der Waals surface area contributed by atoms with E-state index in [1.807, 2.05) is 35.9 Å². The number of piperidine rings is 1. The van der Waals surface area contributed by atoms with E-state index < -0.39 is 5.72 Å². The largest absolute Gasteiger partial charge is 0.467 e. The molecule has 0 radical (unpaired) electrons. The third-order valence-electron chi connectivity index (χ3n) is 5.20. The minimum atomic E-state index is -0.579. The Bertz CT molecular complexity index is 834. The molecule has 2 aliphatic rings. The van der Waals surface area contributed by atoms with Crippen LogP contribution < -0.4 is 10.1 Å². The standard InChI is InChI=1S/C20H24N4O2/c1-3-10-24-14-16(15(2)22-24)13-23-11-8-20(9-12-23)21-19(25)17-6-4-5-7-18(17)26-20/h3-7,14H,1,8-13H2,2H3,(H,21,25). The van der Waals surface area contributed by atoms with Gasteiger partial charge in [0.15, 0.2) is 5.72 Å². The zero-order chi connectivity index (χ0) is 18.1. The molecule has 0 unspecified atom stereocenters. The van der Waals surface area contributed by atoms with Crippen molar-refractivity contribution >= 4 is 5.91 Å². The van der Waals surface area contributed by atoms with Gasteiger partial charge < -0.3 is 10.1 Å². The summed E-state index contributed by atoms with van der Waals surface area (Å²) in [6, 6.07) is 7.44. The van der Waals surface area contributed by atoms with E-state index in [4.69, 9.17) is 4.74 Å². The summed E-state index contributed by atoms with van der Waals surface area (Å²) in [4.78, 5) is 14.8. The lowest BCUT2D eigenvalue weighted by atomic mass is 9.96. The number of para-hydroxylation sites is 1. The first-order chi connectivity index (χ1) is 12.6. The smallest absolute Gasteiger partial charge is 0.258 e. The molecule has 1 amide bonds. The molecular formula is C20H24N4O2. The average molecular weight is 352 g/mol. The van der Waals surface area contributed by atoms with Crippen molar-refractivity contribution in [3.8, 4) is 5.75 Å². The fourth-order valence-electron chi connectivity index (χ4n) is 3.73. The molecule has 1 aromatic heterocycles. The summed E-state index contributed by atoms with van der Waals surface area (Å²) in [6.07, 6.45) is 5.48. The SMILES string of the molecule is C=CCn1cc(CN2CCC3(CC2)NC(=O)c2ccccc2O3)c(C)n1. The van der Waals surface area contributed by atoms with Crippen LogP contribution in [-0.2, 0) is 13.1 Å². The summed E-state index contributed by atoms with van der Waals surface area (Å²) >= 11 is 0. The number of allylic oxidation sites excluding steroid dienone is 1. The van der Waals surface area contributed by atoms with E-state index in [1.54, 1.807) is 6.07 Å². The molecule has 1 aromatic carbocycles. The second kappa shape index (κ2) is 6.61. The zero-order valence-corrected chi connectivity index (χ0v) is 15.1. The molecule has 0 saturated carbocycles. The van der Waals surface area contributed by atoms with Crippen LogP contribution in [0.2, 0.25) is 0 Å². The molecule has 2 aromatic rings. The molecule has 1 saturated heterocycles. The Morgan fingerprint density at radius 2 is 2.12 bits per heavy atom. The third-order valence-corrected chi connectivity index (χ3v) is 5.20. The van der Waals surface area contributed by atoms with Gasteiger partial charge in [0, 0.05) is 44.2 Å². The van der Waals surface area contributed by atoms with E-state index in [-0.39, 0.29) is 5.91 Å². The number of hydrogen-bond acceptors (Lipinski definition) is 4. The van der Waals surface area contributed by atoms with Crippen LogP contribution in [0.3, 0.4) is 0 Å². The molecular weight excluding hydrogens is 328 g/mol. The molecule has 0 aliphatic carbocycles. The number of carbonyl (C=O) groups is 1. The molecule has 6 heteroatoms. The molecule has 0 atom stereocenters. The predicted molar refractivity (Wildman–Crippen MR) is 98.9 cm³/mol. The predicted octanol–water partition coefficient (Wildman–Crippen LogP) is 2.49. The lowest BCUT2D eigenvalue weighted by molar-refractivity contribution is -0.0304. The van der Waals surface area contributed by atoms with Gasteiger partial charge in [-0.25, -0.2) is 0 Å². The van der Waals surface area contributed by atoms with Gasteiger partial charge in [0.1, 0.15) is 5.75 Å². The van der Waals surface area contributed by atoms with Crippen LogP contribution in [0, 0.1) is 6.92 Å². The average Bonchev–Trinajstić information content (AvgIpc) is 2.97. The van der Waals surface area contributed by atoms with Gasteiger partial charge in [-0.05, 0) is 19.1 Å². The van der Waals surface area contributed by atoms with Crippen molar-refractivity contribution < 1.29 is 9.53 Å². The molecule has 4 rings (SSSR count). The molecule has 0 bridgehead atoms. The number of aromatic nitrogens is 2. The van der Waals surface area contributed by atoms with Crippen LogP contribution in [-0.4, -0.2) is 39.4 Å². The van der Waals surface area contributed by atoms with Crippen molar-refractivity contribution in [3.05, 3.63) is 59.9 Å². The number of benzene rings is 1. The Hall–Kier alpha value is -2.60. The molecule has 1 fully saturated rings. The number of carbonyl (C=O) groups excluding carboxylic acids is 1. The Balaban J connectivity index is 1.42. The Morgan fingerprint density at radius 3 is 2.88 bits per heavy atom. The van der Waals surface area contributed by atoms with Crippen LogP contribution in [0.4, 0.5) is 0 Å². The highest BCUT2D eigenvalue weighted by Crippen LogP contribution is 2.33. The summed E-state index contributed by atoms with van der Waals surface area (Å²) < 4.78 is 8.12. The van der Waals surface area contributed by atoms with E-state index in [2.05, 4.69) is 28.1 Å². The quantitative estimate of drug-likeness (QED) is 0.859. The maximum Gasteiger partial charge on any atom is 0.258 e. The minimum Gasteiger partial charge on any atom is -0.467 e. The Kier molecular flexibility index (Phi) is 4.28. The van der Waals surface area contributed by atoms with Crippen molar-refractivity contribution in [2.45, 2.75) is 38.6 Å². The van der Waals surface area contributed by atoms with Crippen LogP contribution in [0.1, 0.15) is 34.5 Å². The Labute approximate surface area is 153 Å². The lowest BCUT2D eigenvalue weighted by Crippen LogP contribution is -2.60. The second-order valence-electron chi connectivity index (χ2n) is 7.07. The molecule has 3 heterocycles. The topological polar surface area (TPSA) is 59.4 Å².